The molecule has 0 aromatic heterocycles. The van der Waals surface area contributed by atoms with Crippen LogP contribution in [0.4, 0.5) is 11.4 Å². The van der Waals surface area contributed by atoms with Gasteiger partial charge in [-0.05, 0) is 42.5 Å². The highest BCUT2D eigenvalue weighted by Gasteiger charge is 2.16. The van der Waals surface area contributed by atoms with Crippen LogP contribution in [-0.2, 0) is 0 Å². The summed E-state index contributed by atoms with van der Waals surface area (Å²) < 4.78 is 10.4. The highest BCUT2D eigenvalue weighted by atomic mass is 32.2. The SMILES string of the molecule is C=C(NNC(=O)c1ccc(OC)c(OC)c1)c1ccc2c(c1)Nc1ccccc1S2. The molecule has 30 heavy (non-hydrogen) atoms. The van der Waals surface area contributed by atoms with Gasteiger partial charge in [0.25, 0.3) is 5.91 Å². The third-order valence-corrected chi connectivity index (χ3v) is 5.83. The van der Waals surface area contributed by atoms with Crippen molar-refractivity contribution in [1.82, 2.24) is 10.9 Å². The summed E-state index contributed by atoms with van der Waals surface area (Å²) in [7, 11) is 3.08. The van der Waals surface area contributed by atoms with Gasteiger partial charge in [-0.1, -0.05) is 36.5 Å². The van der Waals surface area contributed by atoms with Crippen molar-refractivity contribution in [2.75, 3.05) is 19.5 Å². The number of anilines is 2. The minimum Gasteiger partial charge on any atom is -0.493 e. The third kappa shape index (κ3) is 3.92. The molecule has 7 heteroatoms. The number of fused-ring (bicyclic) bond motifs is 2. The predicted octanol–water partition coefficient (Wildman–Crippen LogP) is 4.82. The normalized spacial score (nSPS) is 11.4. The number of benzene rings is 3. The average Bonchev–Trinajstić information content (AvgIpc) is 2.79. The minimum atomic E-state index is -0.308. The van der Waals surface area contributed by atoms with Gasteiger partial charge < -0.3 is 14.8 Å². The molecular formula is C23H21N3O3S. The van der Waals surface area contributed by atoms with Gasteiger partial charge in [0, 0.05) is 20.9 Å². The summed E-state index contributed by atoms with van der Waals surface area (Å²) in [6, 6.07) is 19.2. The van der Waals surface area contributed by atoms with E-state index in [1.807, 2.05) is 36.4 Å². The van der Waals surface area contributed by atoms with Gasteiger partial charge in [-0.25, -0.2) is 0 Å². The van der Waals surface area contributed by atoms with Gasteiger partial charge in [0.1, 0.15) is 0 Å². The van der Waals surface area contributed by atoms with Gasteiger partial charge in [0.2, 0.25) is 0 Å². The fourth-order valence-corrected chi connectivity index (χ4v) is 4.05. The largest absolute Gasteiger partial charge is 0.493 e. The first-order valence-corrected chi connectivity index (χ1v) is 10.1. The van der Waals surface area contributed by atoms with Crippen LogP contribution in [0.5, 0.6) is 11.5 Å². The molecule has 3 N–H and O–H groups in total. The van der Waals surface area contributed by atoms with Crippen LogP contribution < -0.4 is 25.6 Å². The van der Waals surface area contributed by atoms with Crippen LogP contribution in [0.25, 0.3) is 5.70 Å². The van der Waals surface area contributed by atoms with Crippen molar-refractivity contribution in [3.8, 4) is 11.5 Å². The maximum atomic E-state index is 12.5. The summed E-state index contributed by atoms with van der Waals surface area (Å²) in [6.07, 6.45) is 0. The van der Waals surface area contributed by atoms with E-state index < -0.39 is 0 Å². The standard InChI is InChI=1S/C23H21N3O3S/c1-14(25-26-23(27)16-8-10-19(28-2)20(13-16)29-3)15-9-11-22-18(12-15)24-17-6-4-5-7-21(17)30-22/h4-13,24-25H,1H2,2-3H3,(H,26,27). The lowest BCUT2D eigenvalue weighted by molar-refractivity contribution is 0.0942. The maximum absolute atomic E-state index is 12.5. The number of nitrogens with one attached hydrogen (secondary N) is 3. The molecule has 6 nitrogen and oxygen atoms in total. The second-order valence-corrected chi connectivity index (χ2v) is 7.65. The molecule has 3 aromatic rings. The van der Waals surface area contributed by atoms with E-state index in [0.29, 0.717) is 22.8 Å². The number of hydrogen-bond acceptors (Lipinski definition) is 6. The van der Waals surface area contributed by atoms with Crippen LogP contribution in [-0.4, -0.2) is 20.1 Å². The quantitative estimate of drug-likeness (QED) is 0.389. The molecule has 0 fully saturated rings. The van der Waals surface area contributed by atoms with Crippen molar-refractivity contribution >= 4 is 34.7 Å². The number of carbonyl (C=O) groups is 1. The molecule has 1 heterocycles. The van der Waals surface area contributed by atoms with Crippen LogP contribution >= 0.6 is 11.8 Å². The summed E-state index contributed by atoms with van der Waals surface area (Å²) >= 11 is 1.72. The van der Waals surface area contributed by atoms with Gasteiger partial charge in [-0.3, -0.25) is 15.6 Å². The molecule has 0 unspecified atom stereocenters. The Kier molecular flexibility index (Phi) is 5.54. The van der Waals surface area contributed by atoms with Crippen LogP contribution in [0.2, 0.25) is 0 Å². The fourth-order valence-electron chi connectivity index (χ4n) is 3.08. The van der Waals surface area contributed by atoms with E-state index in [4.69, 9.17) is 9.47 Å². The number of ether oxygens (including phenoxy) is 2. The topological polar surface area (TPSA) is 71.6 Å². The first kappa shape index (κ1) is 19.7. The highest BCUT2D eigenvalue weighted by Crippen LogP contribution is 2.44. The van der Waals surface area contributed by atoms with Gasteiger partial charge in [0.05, 0.1) is 31.3 Å². The summed E-state index contributed by atoms with van der Waals surface area (Å²) in [5.74, 6) is 0.743. The zero-order valence-electron chi connectivity index (χ0n) is 16.6. The Morgan fingerprint density at radius 1 is 0.867 bits per heavy atom. The van der Waals surface area contributed by atoms with Crippen molar-refractivity contribution in [3.05, 3.63) is 78.4 Å². The zero-order valence-corrected chi connectivity index (χ0v) is 17.4. The van der Waals surface area contributed by atoms with Crippen molar-refractivity contribution in [2.45, 2.75) is 9.79 Å². The summed E-state index contributed by atoms with van der Waals surface area (Å²) in [5, 5.41) is 3.45. The molecule has 0 radical (unpaired) electrons. The van der Waals surface area contributed by atoms with Gasteiger partial charge in [-0.2, -0.15) is 0 Å². The molecule has 1 amide bonds. The number of rotatable bonds is 6. The monoisotopic (exact) mass is 419 g/mol. The number of carbonyl (C=O) groups excluding carboxylic acids is 1. The van der Waals surface area contributed by atoms with Crippen molar-refractivity contribution < 1.29 is 14.3 Å². The molecule has 1 aliphatic rings. The lowest BCUT2D eigenvalue weighted by Crippen LogP contribution is -2.35. The number of methoxy groups -OCH3 is 2. The number of para-hydroxylation sites is 1. The number of hydrazine groups is 1. The Morgan fingerprint density at radius 3 is 2.40 bits per heavy atom. The Hall–Kier alpha value is -3.58. The summed E-state index contributed by atoms with van der Waals surface area (Å²) in [4.78, 5) is 14.8. The van der Waals surface area contributed by atoms with E-state index in [0.717, 1.165) is 21.8 Å². The van der Waals surface area contributed by atoms with Gasteiger partial charge in [-0.15, -0.1) is 0 Å². The second kappa shape index (κ2) is 8.42. The van der Waals surface area contributed by atoms with E-state index in [2.05, 4.69) is 28.8 Å². The molecular weight excluding hydrogens is 398 g/mol. The Labute approximate surface area is 179 Å². The van der Waals surface area contributed by atoms with Gasteiger partial charge in [0.15, 0.2) is 11.5 Å². The molecule has 4 rings (SSSR count). The van der Waals surface area contributed by atoms with Crippen LogP contribution in [0.1, 0.15) is 15.9 Å². The lowest BCUT2D eigenvalue weighted by atomic mass is 10.1. The number of hydrogen-bond donors (Lipinski definition) is 3. The Balaban J connectivity index is 1.43. The molecule has 3 aromatic carbocycles. The Morgan fingerprint density at radius 2 is 1.60 bits per heavy atom. The highest BCUT2D eigenvalue weighted by molar-refractivity contribution is 7.99. The van der Waals surface area contributed by atoms with E-state index in [9.17, 15) is 4.79 Å². The van der Waals surface area contributed by atoms with E-state index in [-0.39, 0.29) is 5.91 Å². The smallest absolute Gasteiger partial charge is 0.269 e. The summed E-state index contributed by atoms with van der Waals surface area (Å²) in [5.41, 5.74) is 9.53. The van der Waals surface area contributed by atoms with Gasteiger partial charge >= 0.3 is 0 Å². The van der Waals surface area contributed by atoms with Crippen molar-refractivity contribution in [3.63, 3.8) is 0 Å². The fraction of sp³-hybridized carbons (Fsp3) is 0.0870. The third-order valence-electron chi connectivity index (χ3n) is 4.68. The molecule has 152 valence electrons. The zero-order chi connectivity index (χ0) is 21.1. The predicted molar refractivity (Wildman–Crippen MR) is 119 cm³/mol. The first-order chi connectivity index (χ1) is 14.6. The molecule has 0 aliphatic carbocycles. The van der Waals surface area contributed by atoms with E-state index in [1.54, 1.807) is 37.1 Å². The van der Waals surface area contributed by atoms with Crippen LogP contribution in [0, 0.1) is 0 Å². The van der Waals surface area contributed by atoms with Crippen LogP contribution in [0.3, 0.4) is 0 Å². The minimum absolute atomic E-state index is 0.308. The second-order valence-electron chi connectivity index (χ2n) is 6.56. The molecule has 0 saturated carbocycles. The number of amides is 1. The first-order valence-electron chi connectivity index (χ1n) is 9.24. The molecule has 0 saturated heterocycles. The van der Waals surface area contributed by atoms with E-state index in [1.165, 1.54) is 12.0 Å². The Bertz CT molecular complexity index is 1130. The molecule has 1 aliphatic heterocycles. The molecule has 0 atom stereocenters. The van der Waals surface area contributed by atoms with Crippen molar-refractivity contribution in [2.24, 2.45) is 0 Å². The van der Waals surface area contributed by atoms with Crippen LogP contribution in [0.15, 0.2) is 77.0 Å². The molecule has 0 bridgehead atoms. The average molecular weight is 420 g/mol. The lowest BCUT2D eigenvalue weighted by Gasteiger charge is -2.22. The summed E-state index contributed by atoms with van der Waals surface area (Å²) in [6.45, 7) is 4.04. The molecule has 0 spiro atoms. The van der Waals surface area contributed by atoms with E-state index >= 15 is 0 Å². The maximum Gasteiger partial charge on any atom is 0.269 e. The van der Waals surface area contributed by atoms with Crippen molar-refractivity contribution in [1.29, 1.82) is 0 Å².